The van der Waals surface area contributed by atoms with Crippen LogP contribution in [0.3, 0.4) is 0 Å². The summed E-state index contributed by atoms with van der Waals surface area (Å²) < 4.78 is 14.9. The summed E-state index contributed by atoms with van der Waals surface area (Å²) in [6.45, 7) is -0.106. The monoisotopic (exact) mass is 378 g/mol. The topological polar surface area (TPSA) is 38.1 Å². The molecule has 0 aliphatic heterocycles. The van der Waals surface area contributed by atoms with Crippen molar-refractivity contribution in [3.05, 3.63) is 95.4 Å². The van der Waals surface area contributed by atoms with Crippen molar-refractivity contribution in [1.82, 2.24) is 9.78 Å². The van der Waals surface area contributed by atoms with Crippen LogP contribution in [0, 0.1) is 5.82 Å². The molecular weight excluding hydrogens is 363 g/mol. The lowest BCUT2D eigenvalue weighted by Gasteiger charge is -2.11. The fraction of sp³-hybridized carbons (Fsp3) is 0.0455. The first-order valence-corrected chi connectivity index (χ1v) is 8.83. The fourth-order valence-electron chi connectivity index (χ4n) is 3.05. The highest BCUT2D eigenvalue weighted by atomic mass is 35.5. The van der Waals surface area contributed by atoms with E-state index in [0.29, 0.717) is 5.02 Å². The Morgan fingerprint density at radius 3 is 1.96 bits per heavy atom. The van der Waals surface area contributed by atoms with E-state index in [0.717, 1.165) is 33.6 Å². The van der Waals surface area contributed by atoms with Gasteiger partial charge in [0, 0.05) is 16.1 Å². The number of hydrogen-bond acceptors (Lipinski definition) is 2. The lowest BCUT2D eigenvalue weighted by Crippen LogP contribution is -2.00. The van der Waals surface area contributed by atoms with Crippen LogP contribution in [0.25, 0.3) is 28.1 Å². The highest BCUT2D eigenvalue weighted by Crippen LogP contribution is 2.29. The second-order valence-electron chi connectivity index (χ2n) is 6.15. The van der Waals surface area contributed by atoms with Crippen LogP contribution in [-0.2, 0) is 6.61 Å². The van der Waals surface area contributed by atoms with Gasteiger partial charge in [0.2, 0.25) is 0 Å². The number of halogens is 2. The third-order valence-electron chi connectivity index (χ3n) is 4.42. The van der Waals surface area contributed by atoms with E-state index < -0.39 is 0 Å². The van der Waals surface area contributed by atoms with E-state index in [9.17, 15) is 9.50 Å². The summed E-state index contributed by atoms with van der Waals surface area (Å²) >= 11 is 5.99. The van der Waals surface area contributed by atoms with Crippen LogP contribution in [0.4, 0.5) is 4.39 Å². The third-order valence-corrected chi connectivity index (χ3v) is 4.67. The predicted octanol–water partition coefficient (Wildman–Crippen LogP) is 5.49. The molecule has 0 aliphatic rings. The maximum Gasteiger partial charge on any atom is 0.123 e. The molecule has 27 heavy (non-hydrogen) atoms. The van der Waals surface area contributed by atoms with Gasteiger partial charge < -0.3 is 5.11 Å². The maximum absolute atomic E-state index is 13.1. The number of rotatable bonds is 4. The molecule has 1 aromatic heterocycles. The predicted molar refractivity (Wildman–Crippen MR) is 105 cm³/mol. The first-order chi connectivity index (χ1) is 13.2. The van der Waals surface area contributed by atoms with Crippen LogP contribution in [0.2, 0.25) is 5.02 Å². The molecule has 3 nitrogen and oxygen atoms in total. The Labute approximate surface area is 161 Å². The molecule has 0 bridgehead atoms. The summed E-state index contributed by atoms with van der Waals surface area (Å²) in [4.78, 5) is 0. The maximum atomic E-state index is 13.1. The molecule has 0 fully saturated rings. The zero-order valence-corrected chi connectivity index (χ0v) is 15.1. The molecule has 0 spiro atoms. The van der Waals surface area contributed by atoms with E-state index in [1.807, 2.05) is 48.5 Å². The van der Waals surface area contributed by atoms with Crippen LogP contribution in [0.5, 0.6) is 0 Å². The van der Waals surface area contributed by atoms with E-state index >= 15 is 0 Å². The normalized spacial score (nSPS) is 10.9. The van der Waals surface area contributed by atoms with Gasteiger partial charge in [0.05, 0.1) is 24.2 Å². The quantitative estimate of drug-likeness (QED) is 0.509. The number of aliphatic hydroxyl groups excluding tert-OH is 1. The zero-order valence-electron chi connectivity index (χ0n) is 14.3. The van der Waals surface area contributed by atoms with Crippen LogP contribution in [0.1, 0.15) is 5.56 Å². The number of aromatic nitrogens is 2. The van der Waals surface area contributed by atoms with Crippen LogP contribution >= 0.6 is 11.6 Å². The van der Waals surface area contributed by atoms with E-state index in [1.54, 1.807) is 23.0 Å². The van der Waals surface area contributed by atoms with Crippen LogP contribution < -0.4 is 0 Å². The summed E-state index contributed by atoms with van der Waals surface area (Å²) in [6, 6.07) is 21.7. The molecule has 0 amide bonds. The Hall–Kier alpha value is -2.95. The lowest BCUT2D eigenvalue weighted by atomic mass is 10.0. The molecule has 3 aromatic carbocycles. The second kappa shape index (κ2) is 7.35. The Morgan fingerprint density at radius 1 is 0.815 bits per heavy atom. The van der Waals surface area contributed by atoms with Gasteiger partial charge in [-0.2, -0.15) is 5.10 Å². The van der Waals surface area contributed by atoms with E-state index in [1.165, 1.54) is 12.1 Å². The summed E-state index contributed by atoms with van der Waals surface area (Å²) in [7, 11) is 0. The van der Waals surface area contributed by atoms with Crippen molar-refractivity contribution < 1.29 is 9.50 Å². The SMILES string of the molecule is OCc1cnn(-c2ccc(-c3ccc(F)cc3)cc2)c1-c1ccc(Cl)cc1. The van der Waals surface area contributed by atoms with Gasteiger partial charge >= 0.3 is 0 Å². The zero-order chi connectivity index (χ0) is 18.8. The van der Waals surface area contributed by atoms with Gasteiger partial charge in [0.25, 0.3) is 0 Å². The first-order valence-electron chi connectivity index (χ1n) is 8.46. The van der Waals surface area contributed by atoms with Gasteiger partial charge in [-0.15, -0.1) is 0 Å². The molecule has 0 atom stereocenters. The third kappa shape index (κ3) is 3.50. The standard InChI is InChI=1S/C22H16ClFN2O/c23-19-7-1-17(2-8-19)22-18(14-27)13-25-26(22)21-11-5-16(6-12-21)15-3-9-20(24)10-4-15/h1-13,27H,14H2. The van der Waals surface area contributed by atoms with Crippen molar-refractivity contribution in [3.63, 3.8) is 0 Å². The van der Waals surface area contributed by atoms with E-state index in [4.69, 9.17) is 11.6 Å². The highest BCUT2D eigenvalue weighted by molar-refractivity contribution is 6.30. The van der Waals surface area contributed by atoms with Crippen molar-refractivity contribution in [2.24, 2.45) is 0 Å². The molecule has 5 heteroatoms. The molecule has 0 saturated carbocycles. The van der Waals surface area contributed by atoms with Gasteiger partial charge in [-0.05, 0) is 47.5 Å². The van der Waals surface area contributed by atoms with Gasteiger partial charge in [0.15, 0.2) is 0 Å². The molecule has 4 rings (SSSR count). The van der Waals surface area contributed by atoms with Crippen molar-refractivity contribution in [3.8, 4) is 28.1 Å². The molecule has 0 unspecified atom stereocenters. The second-order valence-corrected chi connectivity index (χ2v) is 6.59. The Morgan fingerprint density at radius 2 is 1.37 bits per heavy atom. The smallest absolute Gasteiger partial charge is 0.123 e. The highest BCUT2D eigenvalue weighted by Gasteiger charge is 2.14. The molecule has 0 radical (unpaired) electrons. The molecule has 4 aromatic rings. The molecule has 1 heterocycles. The number of benzene rings is 3. The van der Waals surface area contributed by atoms with Crippen molar-refractivity contribution in [2.45, 2.75) is 6.61 Å². The molecule has 0 saturated heterocycles. The summed E-state index contributed by atoms with van der Waals surface area (Å²) in [5.41, 5.74) is 5.27. The van der Waals surface area contributed by atoms with Gasteiger partial charge in [-0.3, -0.25) is 0 Å². The van der Waals surface area contributed by atoms with Crippen LogP contribution in [0.15, 0.2) is 79.0 Å². The van der Waals surface area contributed by atoms with E-state index in [2.05, 4.69) is 5.10 Å². The Bertz CT molecular complexity index is 1060. The molecule has 0 aliphatic carbocycles. The number of aliphatic hydroxyl groups is 1. The summed E-state index contributed by atoms with van der Waals surface area (Å²) in [5.74, 6) is -0.254. The first kappa shape index (κ1) is 17.5. The Balaban J connectivity index is 1.74. The van der Waals surface area contributed by atoms with Gasteiger partial charge in [-0.1, -0.05) is 48.0 Å². The molecular formula is C22H16ClFN2O. The fourth-order valence-corrected chi connectivity index (χ4v) is 3.17. The van der Waals surface area contributed by atoms with Crippen LogP contribution in [-0.4, -0.2) is 14.9 Å². The molecule has 134 valence electrons. The summed E-state index contributed by atoms with van der Waals surface area (Å²) in [5, 5.41) is 14.8. The average Bonchev–Trinajstić information content (AvgIpc) is 3.13. The number of nitrogens with zero attached hydrogens (tertiary/aromatic N) is 2. The lowest BCUT2D eigenvalue weighted by molar-refractivity contribution is 0.282. The van der Waals surface area contributed by atoms with Crippen molar-refractivity contribution in [1.29, 1.82) is 0 Å². The minimum Gasteiger partial charge on any atom is -0.392 e. The summed E-state index contributed by atoms with van der Waals surface area (Å²) in [6.07, 6.45) is 1.66. The van der Waals surface area contributed by atoms with Crippen molar-refractivity contribution in [2.75, 3.05) is 0 Å². The Kier molecular flexibility index (Phi) is 4.75. The van der Waals surface area contributed by atoms with Gasteiger partial charge in [-0.25, -0.2) is 9.07 Å². The largest absolute Gasteiger partial charge is 0.392 e. The average molecular weight is 379 g/mol. The molecule has 1 N–H and O–H groups in total. The van der Waals surface area contributed by atoms with Crippen molar-refractivity contribution >= 4 is 11.6 Å². The van der Waals surface area contributed by atoms with E-state index in [-0.39, 0.29) is 12.4 Å². The minimum absolute atomic E-state index is 0.106. The minimum atomic E-state index is -0.254. The van der Waals surface area contributed by atoms with Gasteiger partial charge in [0.1, 0.15) is 5.82 Å². The number of hydrogen-bond donors (Lipinski definition) is 1.